The van der Waals surface area contributed by atoms with Crippen molar-refractivity contribution in [2.24, 2.45) is 0 Å². The van der Waals surface area contributed by atoms with Crippen molar-refractivity contribution in [3.8, 4) is 5.75 Å². The van der Waals surface area contributed by atoms with Gasteiger partial charge in [0, 0.05) is 18.3 Å². The number of hydrogen-bond acceptors (Lipinski definition) is 3. The van der Waals surface area contributed by atoms with Gasteiger partial charge in [0.05, 0.1) is 5.69 Å². The van der Waals surface area contributed by atoms with Gasteiger partial charge in [0.25, 0.3) is 0 Å². The highest BCUT2D eigenvalue weighted by atomic mass is 16.5. The number of aryl methyl sites for hydroxylation is 1. The highest BCUT2D eigenvalue weighted by molar-refractivity contribution is 6.08. The second kappa shape index (κ2) is 9.55. The van der Waals surface area contributed by atoms with E-state index in [1.165, 1.54) is 5.56 Å². The van der Waals surface area contributed by atoms with Crippen LogP contribution in [0.2, 0.25) is 0 Å². The molecule has 148 valence electrons. The minimum Gasteiger partial charge on any atom is -0.482 e. The van der Waals surface area contributed by atoms with Gasteiger partial charge in [-0.3, -0.25) is 4.79 Å². The Kier molecular flexibility index (Phi) is 6.63. The van der Waals surface area contributed by atoms with Crippen molar-refractivity contribution in [3.63, 3.8) is 0 Å². The normalized spacial score (nSPS) is 10.9. The van der Waals surface area contributed by atoms with Crippen LogP contribution in [-0.4, -0.2) is 28.0 Å². The molecule has 1 N–H and O–H groups in total. The fourth-order valence-corrected chi connectivity index (χ4v) is 2.97. The molecular formula is C24H23NO4. The third-order valence-electron chi connectivity index (χ3n) is 4.52. The number of aromatic nitrogens is 1. The Morgan fingerprint density at radius 2 is 1.86 bits per heavy atom. The molecule has 0 spiro atoms. The summed E-state index contributed by atoms with van der Waals surface area (Å²) < 4.78 is 7.09. The predicted molar refractivity (Wildman–Crippen MR) is 112 cm³/mol. The van der Waals surface area contributed by atoms with Gasteiger partial charge in [-0.2, -0.15) is 0 Å². The summed E-state index contributed by atoms with van der Waals surface area (Å²) >= 11 is 0. The van der Waals surface area contributed by atoms with Gasteiger partial charge in [0.1, 0.15) is 5.75 Å². The fourth-order valence-electron chi connectivity index (χ4n) is 2.97. The van der Waals surface area contributed by atoms with Gasteiger partial charge in [0.2, 0.25) is 5.78 Å². The molecule has 0 amide bonds. The van der Waals surface area contributed by atoms with Crippen molar-refractivity contribution in [1.82, 2.24) is 4.57 Å². The summed E-state index contributed by atoms with van der Waals surface area (Å²) in [6.45, 7) is 2.25. The van der Waals surface area contributed by atoms with Crippen LogP contribution in [0.4, 0.5) is 0 Å². The lowest BCUT2D eigenvalue weighted by atomic mass is 10.0. The summed E-state index contributed by atoms with van der Waals surface area (Å²) in [5.74, 6) is -0.517. The summed E-state index contributed by atoms with van der Waals surface area (Å²) in [5, 5.41) is 8.70. The van der Waals surface area contributed by atoms with Crippen LogP contribution in [0, 0.1) is 0 Å². The second-order valence-electron chi connectivity index (χ2n) is 6.58. The van der Waals surface area contributed by atoms with E-state index in [0.29, 0.717) is 23.6 Å². The topological polar surface area (TPSA) is 68.5 Å². The number of aliphatic carboxylic acids is 1. The summed E-state index contributed by atoms with van der Waals surface area (Å²) in [6.07, 6.45) is 6.69. The summed E-state index contributed by atoms with van der Waals surface area (Å²) in [7, 11) is 0. The zero-order valence-electron chi connectivity index (χ0n) is 16.2. The standard InChI is InChI=1S/C24H23NO4/c1-2-18-10-12-20(13-11-18)24(28)22-9-5-15-25(22)14-4-7-19-6-3-8-21(16-19)29-17-23(26)27/h3-13,15-16H,2,14,17H2,1H3,(H,26,27)/b7-4+. The van der Waals surface area contributed by atoms with Crippen LogP contribution < -0.4 is 4.74 Å². The SMILES string of the molecule is CCc1ccc(C(=O)c2cccn2C/C=C/c2cccc(OCC(=O)O)c2)cc1. The molecule has 0 radical (unpaired) electrons. The molecule has 0 aliphatic carbocycles. The van der Waals surface area contributed by atoms with Crippen LogP contribution in [0.5, 0.6) is 5.75 Å². The second-order valence-corrected chi connectivity index (χ2v) is 6.58. The molecule has 0 saturated heterocycles. The molecule has 1 heterocycles. The number of ketones is 1. The lowest BCUT2D eigenvalue weighted by molar-refractivity contribution is -0.139. The van der Waals surface area contributed by atoms with Crippen LogP contribution in [-0.2, 0) is 17.8 Å². The summed E-state index contributed by atoms with van der Waals surface area (Å²) in [4.78, 5) is 23.4. The largest absolute Gasteiger partial charge is 0.482 e. The molecule has 5 nitrogen and oxygen atoms in total. The number of carboxylic acids is 1. The molecule has 0 fully saturated rings. The van der Waals surface area contributed by atoms with Crippen molar-refractivity contribution in [2.75, 3.05) is 6.61 Å². The van der Waals surface area contributed by atoms with Crippen molar-refractivity contribution in [2.45, 2.75) is 19.9 Å². The molecule has 1 aromatic heterocycles. The molecule has 2 aromatic carbocycles. The number of rotatable bonds is 9. The molecule has 5 heteroatoms. The van der Waals surface area contributed by atoms with Gasteiger partial charge in [-0.15, -0.1) is 0 Å². The Bertz CT molecular complexity index is 1020. The smallest absolute Gasteiger partial charge is 0.341 e. The van der Waals surface area contributed by atoms with Crippen molar-refractivity contribution < 1.29 is 19.4 Å². The first-order valence-electron chi connectivity index (χ1n) is 9.47. The van der Waals surface area contributed by atoms with E-state index in [0.717, 1.165) is 12.0 Å². The highest BCUT2D eigenvalue weighted by Gasteiger charge is 2.12. The lowest BCUT2D eigenvalue weighted by Crippen LogP contribution is -2.09. The van der Waals surface area contributed by atoms with Crippen LogP contribution in [0.15, 0.2) is 72.9 Å². The quantitative estimate of drug-likeness (QED) is 0.549. The molecule has 0 aliphatic rings. The van der Waals surface area contributed by atoms with Crippen molar-refractivity contribution in [1.29, 1.82) is 0 Å². The van der Waals surface area contributed by atoms with E-state index in [1.54, 1.807) is 18.2 Å². The maximum absolute atomic E-state index is 12.8. The summed E-state index contributed by atoms with van der Waals surface area (Å²) in [5.41, 5.74) is 3.41. The number of ether oxygens (including phenoxy) is 1. The number of allylic oxidation sites excluding steroid dienone is 1. The number of carbonyl (C=O) groups is 2. The van der Waals surface area contributed by atoms with Gasteiger partial charge in [0.15, 0.2) is 6.61 Å². The van der Waals surface area contributed by atoms with Gasteiger partial charge in [-0.25, -0.2) is 4.79 Å². The van der Waals surface area contributed by atoms with E-state index in [-0.39, 0.29) is 12.4 Å². The fraction of sp³-hybridized carbons (Fsp3) is 0.167. The van der Waals surface area contributed by atoms with E-state index in [4.69, 9.17) is 9.84 Å². The lowest BCUT2D eigenvalue weighted by Gasteiger charge is -2.07. The van der Waals surface area contributed by atoms with Gasteiger partial charge in [-0.05, 0) is 41.8 Å². The van der Waals surface area contributed by atoms with E-state index in [9.17, 15) is 9.59 Å². The Hall–Kier alpha value is -3.60. The molecule has 29 heavy (non-hydrogen) atoms. The Morgan fingerprint density at radius 3 is 2.59 bits per heavy atom. The van der Waals surface area contributed by atoms with E-state index in [1.807, 2.05) is 65.4 Å². The molecule has 0 bridgehead atoms. The average Bonchev–Trinajstić information content (AvgIpc) is 3.20. The van der Waals surface area contributed by atoms with Gasteiger partial charge < -0.3 is 14.4 Å². The zero-order valence-corrected chi connectivity index (χ0v) is 16.2. The Morgan fingerprint density at radius 1 is 1.07 bits per heavy atom. The average molecular weight is 389 g/mol. The predicted octanol–water partition coefficient (Wildman–Crippen LogP) is 4.46. The minimum absolute atomic E-state index is 0.00452. The number of carboxylic acid groups (broad SMARTS) is 1. The maximum Gasteiger partial charge on any atom is 0.341 e. The third-order valence-corrected chi connectivity index (χ3v) is 4.52. The van der Waals surface area contributed by atoms with Crippen LogP contribution in [0.3, 0.4) is 0 Å². The van der Waals surface area contributed by atoms with Crippen molar-refractivity contribution in [3.05, 3.63) is 95.3 Å². The molecule has 3 aromatic rings. The monoisotopic (exact) mass is 389 g/mol. The molecule has 0 aliphatic heterocycles. The highest BCUT2D eigenvalue weighted by Crippen LogP contribution is 2.16. The van der Waals surface area contributed by atoms with Crippen molar-refractivity contribution >= 4 is 17.8 Å². The van der Waals surface area contributed by atoms with Crippen LogP contribution in [0.1, 0.15) is 34.1 Å². The molecule has 0 unspecified atom stereocenters. The van der Waals surface area contributed by atoms with Gasteiger partial charge >= 0.3 is 5.97 Å². The van der Waals surface area contributed by atoms with E-state index >= 15 is 0 Å². The molecular weight excluding hydrogens is 366 g/mol. The van der Waals surface area contributed by atoms with E-state index in [2.05, 4.69) is 6.92 Å². The number of nitrogens with zero attached hydrogens (tertiary/aromatic N) is 1. The minimum atomic E-state index is -1.01. The van der Waals surface area contributed by atoms with Crippen LogP contribution >= 0.6 is 0 Å². The summed E-state index contributed by atoms with van der Waals surface area (Å²) in [6, 6.07) is 18.6. The first-order chi connectivity index (χ1) is 14.1. The molecule has 0 saturated carbocycles. The van der Waals surface area contributed by atoms with Gasteiger partial charge in [-0.1, -0.05) is 55.5 Å². The first kappa shape index (κ1) is 20.1. The number of hydrogen-bond donors (Lipinski definition) is 1. The molecule has 0 atom stereocenters. The Labute approximate surface area is 169 Å². The number of benzene rings is 2. The van der Waals surface area contributed by atoms with Crippen LogP contribution in [0.25, 0.3) is 6.08 Å². The zero-order chi connectivity index (χ0) is 20.6. The molecule has 3 rings (SSSR count). The number of carbonyl (C=O) groups excluding carboxylic acids is 1. The Balaban J connectivity index is 1.67. The van der Waals surface area contributed by atoms with E-state index < -0.39 is 5.97 Å². The third kappa shape index (κ3) is 5.45. The first-order valence-corrected chi connectivity index (χ1v) is 9.47. The maximum atomic E-state index is 12.8.